The van der Waals surface area contributed by atoms with Crippen molar-refractivity contribution >= 4 is 23.6 Å². The number of hydrogen-bond acceptors (Lipinski definition) is 6. The van der Waals surface area contributed by atoms with Crippen LogP contribution in [0.15, 0.2) is 77.4 Å². The van der Waals surface area contributed by atoms with Gasteiger partial charge in [0, 0.05) is 25.9 Å². The number of rotatable bonds is 13. The van der Waals surface area contributed by atoms with E-state index in [1.54, 1.807) is 48.4 Å². The first-order chi connectivity index (χ1) is 18.0. The van der Waals surface area contributed by atoms with Crippen LogP contribution in [-0.4, -0.2) is 67.7 Å². The Labute approximate surface area is 217 Å². The Morgan fingerprint density at radius 3 is 2.32 bits per heavy atom. The number of anilines is 1. The number of hydrogen-bond donors (Lipinski definition) is 1. The van der Waals surface area contributed by atoms with Crippen molar-refractivity contribution in [3.8, 4) is 0 Å². The van der Waals surface area contributed by atoms with E-state index in [9.17, 15) is 14.4 Å². The number of carbonyl (C=O) groups is 3. The lowest BCUT2D eigenvalue weighted by molar-refractivity contribution is -0.132. The van der Waals surface area contributed by atoms with E-state index in [1.165, 1.54) is 12.0 Å². The van der Waals surface area contributed by atoms with Gasteiger partial charge in [-0.25, -0.2) is 9.59 Å². The molecule has 196 valence electrons. The van der Waals surface area contributed by atoms with Gasteiger partial charge in [-0.15, -0.1) is 0 Å². The zero-order valence-electron chi connectivity index (χ0n) is 21.2. The molecular weight excluding hydrogens is 474 g/mol. The average Bonchev–Trinajstić information content (AvgIpc) is 3.43. The van der Waals surface area contributed by atoms with E-state index < -0.39 is 12.0 Å². The maximum absolute atomic E-state index is 13.4. The normalized spacial score (nSPS) is 10.5. The Morgan fingerprint density at radius 1 is 0.919 bits per heavy atom. The van der Waals surface area contributed by atoms with Gasteiger partial charge < -0.3 is 29.0 Å². The number of amides is 3. The molecule has 0 bridgehead atoms. The van der Waals surface area contributed by atoms with Crippen molar-refractivity contribution < 1.29 is 28.3 Å². The summed E-state index contributed by atoms with van der Waals surface area (Å²) in [6.45, 7) is 3.15. The summed E-state index contributed by atoms with van der Waals surface area (Å²) in [5, 5.41) is 2.79. The molecular formula is C28H33N3O6. The van der Waals surface area contributed by atoms with Crippen molar-refractivity contribution in [2.75, 3.05) is 45.3 Å². The molecule has 0 atom stereocenters. The zero-order chi connectivity index (χ0) is 26.5. The predicted molar refractivity (Wildman–Crippen MR) is 139 cm³/mol. The van der Waals surface area contributed by atoms with E-state index in [-0.39, 0.29) is 32.2 Å². The van der Waals surface area contributed by atoms with Gasteiger partial charge in [0.2, 0.25) is 5.91 Å². The molecule has 1 aromatic heterocycles. The summed E-state index contributed by atoms with van der Waals surface area (Å²) in [4.78, 5) is 41.4. The van der Waals surface area contributed by atoms with Gasteiger partial charge in [0.1, 0.15) is 12.3 Å². The highest BCUT2D eigenvalue weighted by Crippen LogP contribution is 2.13. The third-order valence-electron chi connectivity index (χ3n) is 5.62. The Kier molecular flexibility index (Phi) is 10.7. The average molecular weight is 508 g/mol. The van der Waals surface area contributed by atoms with Crippen LogP contribution in [0.5, 0.6) is 0 Å². The van der Waals surface area contributed by atoms with Gasteiger partial charge >= 0.3 is 12.0 Å². The summed E-state index contributed by atoms with van der Waals surface area (Å²) in [6.07, 6.45) is 2.24. The Hall–Kier alpha value is -4.11. The van der Waals surface area contributed by atoms with Crippen LogP contribution in [0.25, 0.3) is 0 Å². The second kappa shape index (κ2) is 14.4. The maximum Gasteiger partial charge on any atom is 0.338 e. The number of benzene rings is 2. The molecule has 0 aliphatic heterocycles. The van der Waals surface area contributed by atoms with E-state index in [2.05, 4.69) is 5.32 Å². The molecule has 37 heavy (non-hydrogen) atoms. The molecule has 3 aromatic rings. The number of carbonyl (C=O) groups excluding carboxylic acids is 3. The fourth-order valence-electron chi connectivity index (χ4n) is 3.62. The van der Waals surface area contributed by atoms with Crippen LogP contribution in [0.1, 0.15) is 28.6 Å². The van der Waals surface area contributed by atoms with Crippen LogP contribution in [0.4, 0.5) is 10.5 Å². The van der Waals surface area contributed by atoms with Crippen LogP contribution < -0.4 is 5.32 Å². The minimum atomic E-state index is -0.449. The van der Waals surface area contributed by atoms with E-state index >= 15 is 0 Å². The number of esters is 1. The summed E-state index contributed by atoms with van der Waals surface area (Å²) in [5.74, 6) is 0.0204. The molecule has 0 saturated carbocycles. The molecule has 9 heteroatoms. The monoisotopic (exact) mass is 507 g/mol. The molecule has 3 rings (SSSR count). The number of urea groups is 1. The quantitative estimate of drug-likeness (QED) is 0.348. The predicted octanol–water partition coefficient (Wildman–Crippen LogP) is 4.21. The van der Waals surface area contributed by atoms with Crippen LogP contribution >= 0.6 is 0 Å². The molecule has 1 N–H and O–H groups in total. The Balaban J connectivity index is 1.67. The fourth-order valence-corrected chi connectivity index (χ4v) is 3.62. The van der Waals surface area contributed by atoms with Gasteiger partial charge in [0.15, 0.2) is 0 Å². The number of nitrogens with zero attached hydrogens (tertiary/aromatic N) is 2. The molecule has 0 spiro atoms. The highest BCUT2D eigenvalue weighted by atomic mass is 16.5. The first-order valence-corrected chi connectivity index (χ1v) is 12.2. The van der Waals surface area contributed by atoms with Gasteiger partial charge in [-0.05, 0) is 55.3 Å². The number of nitrogens with one attached hydrogen (secondary N) is 1. The van der Waals surface area contributed by atoms with Crippen molar-refractivity contribution in [1.29, 1.82) is 0 Å². The third-order valence-corrected chi connectivity index (χ3v) is 5.62. The highest BCUT2D eigenvalue weighted by molar-refractivity contribution is 5.94. The SMILES string of the molecule is CCOC(=O)c1ccc(NC(=O)N(CCOC)CC(=O)N(CCc2ccccc2)Cc2ccco2)cc1. The number of ether oxygens (including phenoxy) is 2. The van der Waals surface area contributed by atoms with E-state index in [4.69, 9.17) is 13.9 Å². The summed E-state index contributed by atoms with van der Waals surface area (Å²) in [5.41, 5.74) is 1.99. The number of methoxy groups -OCH3 is 1. The van der Waals surface area contributed by atoms with E-state index in [0.29, 0.717) is 36.5 Å². The lowest BCUT2D eigenvalue weighted by atomic mass is 10.1. The first-order valence-electron chi connectivity index (χ1n) is 12.2. The van der Waals surface area contributed by atoms with Gasteiger partial charge in [0.25, 0.3) is 0 Å². The topological polar surface area (TPSA) is 101 Å². The summed E-state index contributed by atoms with van der Waals surface area (Å²) in [7, 11) is 1.54. The lowest BCUT2D eigenvalue weighted by Gasteiger charge is -2.27. The maximum atomic E-state index is 13.4. The summed E-state index contributed by atoms with van der Waals surface area (Å²) < 4.78 is 15.6. The van der Waals surface area contributed by atoms with Gasteiger partial charge in [0.05, 0.1) is 31.6 Å². The van der Waals surface area contributed by atoms with E-state index in [0.717, 1.165) is 5.56 Å². The molecule has 0 unspecified atom stereocenters. The van der Waals surface area contributed by atoms with Gasteiger partial charge in [-0.2, -0.15) is 0 Å². The smallest absolute Gasteiger partial charge is 0.338 e. The fraction of sp³-hybridized carbons (Fsp3) is 0.321. The second-order valence-corrected chi connectivity index (χ2v) is 8.27. The van der Waals surface area contributed by atoms with Gasteiger partial charge in [-0.1, -0.05) is 30.3 Å². The van der Waals surface area contributed by atoms with Crippen molar-refractivity contribution in [1.82, 2.24) is 9.80 Å². The zero-order valence-corrected chi connectivity index (χ0v) is 21.2. The van der Waals surface area contributed by atoms with E-state index in [1.807, 2.05) is 36.4 Å². The molecule has 2 aromatic carbocycles. The standard InChI is InChI=1S/C28H33N3O6/c1-3-36-27(33)23-11-13-24(14-12-23)29-28(34)31(17-19-35-2)21-26(32)30(20-25-10-7-18-37-25)16-15-22-8-5-4-6-9-22/h4-14,18H,3,15-17,19-21H2,1-2H3,(H,29,34). The summed E-state index contributed by atoms with van der Waals surface area (Å²) in [6, 6.07) is 19.4. The molecule has 0 aliphatic carbocycles. The second-order valence-electron chi connectivity index (χ2n) is 8.27. The van der Waals surface area contributed by atoms with Gasteiger partial charge in [-0.3, -0.25) is 4.79 Å². The van der Waals surface area contributed by atoms with Crippen LogP contribution in [-0.2, 0) is 27.2 Å². The lowest BCUT2D eigenvalue weighted by Crippen LogP contribution is -2.46. The molecule has 3 amide bonds. The number of furan rings is 1. The van der Waals surface area contributed by atoms with Crippen molar-refractivity contribution in [3.05, 3.63) is 89.9 Å². The minimum Gasteiger partial charge on any atom is -0.467 e. The molecule has 1 heterocycles. The Morgan fingerprint density at radius 2 is 1.68 bits per heavy atom. The largest absolute Gasteiger partial charge is 0.467 e. The van der Waals surface area contributed by atoms with Crippen molar-refractivity contribution in [2.45, 2.75) is 19.9 Å². The molecule has 0 radical (unpaired) electrons. The van der Waals surface area contributed by atoms with Crippen LogP contribution in [0.2, 0.25) is 0 Å². The molecule has 0 aliphatic rings. The summed E-state index contributed by atoms with van der Waals surface area (Å²) >= 11 is 0. The van der Waals surface area contributed by atoms with Crippen molar-refractivity contribution in [2.24, 2.45) is 0 Å². The third kappa shape index (κ3) is 8.80. The highest BCUT2D eigenvalue weighted by Gasteiger charge is 2.22. The van der Waals surface area contributed by atoms with Crippen LogP contribution in [0.3, 0.4) is 0 Å². The Bertz CT molecular complexity index is 1120. The molecule has 0 fully saturated rings. The van der Waals surface area contributed by atoms with Crippen molar-refractivity contribution in [3.63, 3.8) is 0 Å². The first kappa shape index (κ1) is 27.5. The minimum absolute atomic E-state index is 0.133. The molecule has 9 nitrogen and oxygen atoms in total. The van der Waals surface area contributed by atoms with Crippen LogP contribution in [0, 0.1) is 0 Å². The molecule has 0 saturated heterocycles.